The maximum absolute atomic E-state index is 9.39. The number of hydrogen-bond donors (Lipinski definition) is 0. The first kappa shape index (κ1) is 16.5. The Bertz CT molecular complexity index is 941. The molecule has 2 aromatic heterocycles. The lowest BCUT2D eigenvalue weighted by molar-refractivity contribution is 0.793. The Labute approximate surface area is 149 Å². The van der Waals surface area contributed by atoms with Crippen LogP contribution in [0.4, 0.5) is 0 Å². The van der Waals surface area contributed by atoms with Crippen molar-refractivity contribution in [1.29, 1.82) is 5.26 Å². The number of rotatable bonds is 3. The minimum Gasteiger partial charge on any atom is -0.305 e. The molecule has 0 bridgehead atoms. The van der Waals surface area contributed by atoms with Crippen molar-refractivity contribution in [1.82, 2.24) is 19.7 Å². The van der Waals surface area contributed by atoms with Crippen molar-refractivity contribution in [3.8, 4) is 17.5 Å². The van der Waals surface area contributed by atoms with Gasteiger partial charge in [0, 0.05) is 28.2 Å². The van der Waals surface area contributed by atoms with Gasteiger partial charge in [-0.05, 0) is 55.9 Å². The highest BCUT2D eigenvalue weighted by Crippen LogP contribution is 2.32. The molecule has 1 aromatic carbocycles. The average molecular weight is 356 g/mol. The summed E-state index contributed by atoms with van der Waals surface area (Å²) in [6, 6.07) is 11.6. The highest BCUT2D eigenvalue weighted by atomic mass is 35.5. The Balaban J connectivity index is 1.99. The molecule has 24 heavy (non-hydrogen) atoms. The van der Waals surface area contributed by atoms with Gasteiger partial charge in [0.05, 0.1) is 11.3 Å². The molecule has 3 aromatic rings. The normalized spacial score (nSPS) is 10.6. The molecule has 5 nitrogen and oxygen atoms in total. The fourth-order valence-electron chi connectivity index (χ4n) is 2.36. The van der Waals surface area contributed by atoms with Crippen LogP contribution < -0.4 is 0 Å². The van der Waals surface area contributed by atoms with Crippen LogP contribution in [0.1, 0.15) is 17.0 Å². The zero-order chi connectivity index (χ0) is 17.3. The quantitative estimate of drug-likeness (QED) is 0.705. The molecule has 3 rings (SSSR count). The number of aromatic nitrogens is 4. The molecule has 2 heterocycles. The first-order valence-corrected chi connectivity index (χ1v) is 8.40. The molecule has 0 saturated heterocycles. The molecule has 0 aliphatic carbocycles. The predicted octanol–water partition coefficient (Wildman–Crippen LogP) is 4.17. The monoisotopic (exact) mass is 355 g/mol. The topological polar surface area (TPSA) is 67.4 Å². The van der Waals surface area contributed by atoms with Crippen LogP contribution in [0.3, 0.4) is 0 Å². The second kappa shape index (κ2) is 6.63. The molecule has 0 unspecified atom stereocenters. The van der Waals surface area contributed by atoms with Crippen LogP contribution >= 0.6 is 23.4 Å². The first-order chi connectivity index (χ1) is 11.5. The van der Waals surface area contributed by atoms with Gasteiger partial charge >= 0.3 is 0 Å². The third-order valence-corrected chi connectivity index (χ3v) is 4.87. The molecular weight excluding hydrogens is 342 g/mol. The van der Waals surface area contributed by atoms with Gasteiger partial charge in [-0.15, -0.1) is 10.2 Å². The highest BCUT2D eigenvalue weighted by molar-refractivity contribution is 7.99. The molecular formula is C17H14ClN5S. The van der Waals surface area contributed by atoms with Crippen LogP contribution in [0.2, 0.25) is 5.02 Å². The summed E-state index contributed by atoms with van der Waals surface area (Å²) in [4.78, 5) is 5.17. The number of nitriles is 1. The number of pyridine rings is 1. The van der Waals surface area contributed by atoms with Crippen LogP contribution in [-0.4, -0.2) is 19.7 Å². The summed E-state index contributed by atoms with van der Waals surface area (Å²) in [5.74, 6) is 0.746. The Morgan fingerprint density at radius 1 is 1.17 bits per heavy atom. The number of nitrogens with zero attached hydrogens (tertiary/aromatic N) is 5. The molecule has 0 N–H and O–H groups in total. The Hall–Kier alpha value is -2.36. The van der Waals surface area contributed by atoms with Gasteiger partial charge in [-0.1, -0.05) is 11.6 Å². The lowest BCUT2D eigenvalue weighted by Crippen LogP contribution is -1.97. The third kappa shape index (κ3) is 3.14. The second-order valence-electron chi connectivity index (χ2n) is 5.31. The standard InChI is InChI=1S/C17H14ClN5S/c1-10-8-15(14(9-19)11(2)20-10)24-17-22-21-16(23(17)3)12-4-6-13(18)7-5-12/h4-8H,1-3H3. The van der Waals surface area contributed by atoms with Gasteiger partial charge in [-0.25, -0.2) is 0 Å². The SMILES string of the molecule is Cc1cc(Sc2nnc(-c3ccc(Cl)cc3)n2C)c(C#N)c(C)n1. The predicted molar refractivity (Wildman–Crippen MR) is 94.0 cm³/mol. The van der Waals surface area contributed by atoms with Crippen LogP contribution in [0.15, 0.2) is 40.4 Å². The van der Waals surface area contributed by atoms with E-state index in [2.05, 4.69) is 21.3 Å². The van der Waals surface area contributed by atoms with Gasteiger partial charge in [-0.2, -0.15) is 5.26 Å². The summed E-state index contributed by atoms with van der Waals surface area (Å²) < 4.78 is 1.90. The van der Waals surface area contributed by atoms with E-state index in [0.717, 1.165) is 27.7 Å². The lowest BCUT2D eigenvalue weighted by atomic mass is 10.2. The number of halogens is 1. The maximum Gasteiger partial charge on any atom is 0.196 e. The molecule has 0 atom stereocenters. The Morgan fingerprint density at radius 3 is 2.54 bits per heavy atom. The molecule has 0 amide bonds. The summed E-state index contributed by atoms with van der Waals surface area (Å²) in [6.45, 7) is 3.75. The van der Waals surface area contributed by atoms with Gasteiger partial charge in [0.25, 0.3) is 0 Å². The summed E-state index contributed by atoms with van der Waals surface area (Å²) in [7, 11) is 1.90. The first-order valence-electron chi connectivity index (χ1n) is 7.21. The van der Waals surface area contributed by atoms with Gasteiger partial charge in [0.1, 0.15) is 6.07 Å². The van der Waals surface area contributed by atoms with E-state index in [1.807, 2.05) is 55.8 Å². The number of aryl methyl sites for hydroxylation is 2. The van der Waals surface area contributed by atoms with Crippen LogP contribution in [0, 0.1) is 25.2 Å². The van der Waals surface area contributed by atoms with Crippen molar-refractivity contribution >= 4 is 23.4 Å². The fourth-order valence-corrected chi connectivity index (χ4v) is 3.51. The third-order valence-electron chi connectivity index (χ3n) is 3.54. The average Bonchev–Trinajstić information content (AvgIpc) is 2.89. The van der Waals surface area contributed by atoms with Gasteiger partial charge < -0.3 is 4.57 Å². The summed E-state index contributed by atoms with van der Waals surface area (Å²) in [5.41, 5.74) is 3.10. The molecule has 7 heteroatoms. The smallest absolute Gasteiger partial charge is 0.196 e. The van der Waals surface area contributed by atoms with Crippen molar-refractivity contribution in [3.63, 3.8) is 0 Å². The van der Waals surface area contributed by atoms with Crippen molar-refractivity contribution in [2.45, 2.75) is 23.9 Å². The minimum atomic E-state index is 0.571. The summed E-state index contributed by atoms with van der Waals surface area (Å²) >= 11 is 7.34. The molecule has 0 spiro atoms. The van der Waals surface area contributed by atoms with Crippen molar-refractivity contribution in [2.75, 3.05) is 0 Å². The van der Waals surface area contributed by atoms with Crippen LogP contribution in [0.25, 0.3) is 11.4 Å². The van der Waals surface area contributed by atoms with Gasteiger partial charge in [0.2, 0.25) is 0 Å². The van der Waals surface area contributed by atoms with E-state index in [4.69, 9.17) is 11.6 Å². The number of benzene rings is 1. The largest absolute Gasteiger partial charge is 0.305 e. The van der Waals surface area contributed by atoms with Crippen LogP contribution in [0.5, 0.6) is 0 Å². The highest BCUT2D eigenvalue weighted by Gasteiger charge is 2.15. The fraction of sp³-hybridized carbons (Fsp3) is 0.176. The summed E-state index contributed by atoms with van der Waals surface area (Å²) in [6.07, 6.45) is 0. The Morgan fingerprint density at radius 2 is 1.88 bits per heavy atom. The molecule has 0 aliphatic rings. The summed E-state index contributed by atoms with van der Waals surface area (Å²) in [5, 5.41) is 19.3. The second-order valence-corrected chi connectivity index (χ2v) is 6.75. The molecule has 0 saturated carbocycles. The Kier molecular flexibility index (Phi) is 4.56. The number of hydrogen-bond acceptors (Lipinski definition) is 5. The lowest BCUT2D eigenvalue weighted by Gasteiger charge is -2.08. The molecule has 0 radical (unpaired) electrons. The van der Waals surface area contributed by atoms with E-state index in [1.54, 1.807) is 0 Å². The van der Waals surface area contributed by atoms with Crippen molar-refractivity contribution in [3.05, 3.63) is 52.3 Å². The van der Waals surface area contributed by atoms with E-state index < -0.39 is 0 Å². The molecule has 0 fully saturated rings. The van der Waals surface area contributed by atoms with E-state index in [1.165, 1.54) is 11.8 Å². The van der Waals surface area contributed by atoms with Gasteiger partial charge in [0.15, 0.2) is 11.0 Å². The molecule has 120 valence electrons. The van der Waals surface area contributed by atoms with Crippen molar-refractivity contribution < 1.29 is 0 Å². The van der Waals surface area contributed by atoms with Gasteiger partial charge in [-0.3, -0.25) is 4.98 Å². The minimum absolute atomic E-state index is 0.571. The van der Waals surface area contributed by atoms with E-state index >= 15 is 0 Å². The maximum atomic E-state index is 9.39. The van der Waals surface area contributed by atoms with E-state index in [0.29, 0.717) is 15.7 Å². The molecule has 0 aliphatic heterocycles. The zero-order valence-corrected chi connectivity index (χ0v) is 15.0. The van der Waals surface area contributed by atoms with E-state index in [9.17, 15) is 5.26 Å². The van der Waals surface area contributed by atoms with Crippen molar-refractivity contribution in [2.24, 2.45) is 7.05 Å². The van der Waals surface area contributed by atoms with E-state index in [-0.39, 0.29) is 0 Å². The zero-order valence-electron chi connectivity index (χ0n) is 13.4. The van der Waals surface area contributed by atoms with Crippen LogP contribution in [-0.2, 0) is 7.05 Å².